The standard InChI is InChI=1S/C15H18ClN3O2/c1-10-11(8-17-19(10)3)9-18(2)15(20)13-7-12(16)5-6-14(13)21-4/h5-8H,9H2,1-4H3. The zero-order chi connectivity index (χ0) is 15.6. The summed E-state index contributed by atoms with van der Waals surface area (Å²) in [6.07, 6.45) is 1.77. The van der Waals surface area contributed by atoms with Crippen molar-refractivity contribution in [3.05, 3.63) is 46.2 Å². The molecule has 0 unspecified atom stereocenters. The monoisotopic (exact) mass is 307 g/mol. The Labute approximate surface area is 129 Å². The molecule has 0 spiro atoms. The lowest BCUT2D eigenvalue weighted by Gasteiger charge is -2.18. The van der Waals surface area contributed by atoms with Crippen molar-refractivity contribution in [1.82, 2.24) is 14.7 Å². The predicted molar refractivity (Wildman–Crippen MR) is 81.7 cm³/mol. The fourth-order valence-electron chi connectivity index (χ4n) is 2.08. The molecule has 112 valence electrons. The van der Waals surface area contributed by atoms with Gasteiger partial charge in [-0.25, -0.2) is 0 Å². The van der Waals surface area contributed by atoms with E-state index in [4.69, 9.17) is 16.3 Å². The van der Waals surface area contributed by atoms with Gasteiger partial charge in [0.1, 0.15) is 5.75 Å². The lowest BCUT2D eigenvalue weighted by atomic mass is 10.1. The first-order chi connectivity index (χ1) is 9.93. The van der Waals surface area contributed by atoms with E-state index >= 15 is 0 Å². The Bertz CT molecular complexity index is 667. The highest BCUT2D eigenvalue weighted by Gasteiger charge is 2.18. The highest BCUT2D eigenvalue weighted by Crippen LogP contribution is 2.24. The van der Waals surface area contributed by atoms with Crippen molar-refractivity contribution in [2.75, 3.05) is 14.2 Å². The predicted octanol–water partition coefficient (Wildman–Crippen LogP) is 2.66. The smallest absolute Gasteiger partial charge is 0.257 e. The van der Waals surface area contributed by atoms with Crippen molar-refractivity contribution in [2.24, 2.45) is 7.05 Å². The second-order valence-electron chi connectivity index (χ2n) is 4.88. The molecule has 0 aliphatic rings. The van der Waals surface area contributed by atoms with Gasteiger partial charge in [0.15, 0.2) is 0 Å². The highest BCUT2D eigenvalue weighted by molar-refractivity contribution is 6.31. The number of amides is 1. The Morgan fingerprint density at radius 1 is 1.48 bits per heavy atom. The van der Waals surface area contributed by atoms with Gasteiger partial charge in [-0.2, -0.15) is 5.10 Å². The third kappa shape index (κ3) is 3.19. The van der Waals surface area contributed by atoms with E-state index in [9.17, 15) is 4.79 Å². The van der Waals surface area contributed by atoms with Gasteiger partial charge in [-0.3, -0.25) is 9.48 Å². The van der Waals surface area contributed by atoms with Gasteiger partial charge < -0.3 is 9.64 Å². The van der Waals surface area contributed by atoms with Crippen LogP contribution in [0.1, 0.15) is 21.6 Å². The van der Waals surface area contributed by atoms with E-state index in [1.165, 1.54) is 7.11 Å². The molecule has 2 rings (SSSR count). The molecule has 1 aromatic carbocycles. The van der Waals surface area contributed by atoms with Gasteiger partial charge >= 0.3 is 0 Å². The first-order valence-corrected chi connectivity index (χ1v) is 6.88. The van der Waals surface area contributed by atoms with Crippen molar-refractivity contribution in [3.8, 4) is 5.75 Å². The fourth-order valence-corrected chi connectivity index (χ4v) is 2.25. The summed E-state index contributed by atoms with van der Waals surface area (Å²) in [7, 11) is 5.15. The van der Waals surface area contributed by atoms with Crippen LogP contribution in [0.3, 0.4) is 0 Å². The molecule has 0 saturated carbocycles. The van der Waals surface area contributed by atoms with E-state index in [-0.39, 0.29) is 5.91 Å². The maximum atomic E-state index is 12.6. The number of methoxy groups -OCH3 is 1. The average Bonchev–Trinajstić information content (AvgIpc) is 2.78. The molecule has 1 aromatic heterocycles. The topological polar surface area (TPSA) is 47.4 Å². The molecule has 1 heterocycles. The van der Waals surface area contributed by atoms with Crippen molar-refractivity contribution in [3.63, 3.8) is 0 Å². The Hall–Kier alpha value is -2.01. The summed E-state index contributed by atoms with van der Waals surface area (Å²) < 4.78 is 7.01. The van der Waals surface area contributed by atoms with Gasteiger partial charge in [0.05, 0.1) is 18.9 Å². The van der Waals surface area contributed by atoms with E-state index < -0.39 is 0 Å². The number of nitrogens with zero attached hydrogens (tertiary/aromatic N) is 3. The van der Waals surface area contributed by atoms with E-state index in [1.54, 1.807) is 41.0 Å². The number of hydrogen-bond acceptors (Lipinski definition) is 3. The van der Waals surface area contributed by atoms with E-state index in [0.717, 1.165) is 11.3 Å². The number of benzene rings is 1. The molecule has 0 aliphatic heterocycles. The van der Waals surface area contributed by atoms with Gasteiger partial charge in [-0.1, -0.05) is 11.6 Å². The minimum atomic E-state index is -0.141. The maximum absolute atomic E-state index is 12.6. The summed E-state index contributed by atoms with van der Waals surface area (Å²) in [4.78, 5) is 14.2. The summed E-state index contributed by atoms with van der Waals surface area (Å²) in [5.74, 6) is 0.372. The van der Waals surface area contributed by atoms with Crippen LogP contribution in [0.2, 0.25) is 5.02 Å². The Morgan fingerprint density at radius 3 is 2.76 bits per heavy atom. The number of halogens is 1. The molecule has 0 fully saturated rings. The fraction of sp³-hybridized carbons (Fsp3) is 0.333. The third-order valence-corrected chi connectivity index (χ3v) is 3.72. The summed E-state index contributed by atoms with van der Waals surface area (Å²) in [6, 6.07) is 5.01. The quantitative estimate of drug-likeness (QED) is 0.872. The number of aryl methyl sites for hydroxylation is 1. The van der Waals surface area contributed by atoms with Gasteiger partial charge in [0, 0.05) is 36.9 Å². The molecular formula is C15H18ClN3O2. The first-order valence-electron chi connectivity index (χ1n) is 6.50. The van der Waals surface area contributed by atoms with Crippen molar-refractivity contribution >= 4 is 17.5 Å². The van der Waals surface area contributed by atoms with E-state index in [2.05, 4.69) is 5.10 Å². The summed E-state index contributed by atoms with van der Waals surface area (Å²) in [5.41, 5.74) is 2.50. The second kappa shape index (κ2) is 6.18. The SMILES string of the molecule is COc1ccc(Cl)cc1C(=O)N(C)Cc1cnn(C)c1C. The van der Waals surface area contributed by atoms with Crippen molar-refractivity contribution in [2.45, 2.75) is 13.5 Å². The van der Waals surface area contributed by atoms with E-state index in [0.29, 0.717) is 22.9 Å². The minimum Gasteiger partial charge on any atom is -0.496 e. The number of carbonyl (C=O) groups excluding carboxylic acids is 1. The summed E-state index contributed by atoms with van der Waals surface area (Å²) >= 11 is 5.97. The highest BCUT2D eigenvalue weighted by atomic mass is 35.5. The number of aromatic nitrogens is 2. The van der Waals surface area contributed by atoms with Crippen LogP contribution in [0.15, 0.2) is 24.4 Å². The van der Waals surface area contributed by atoms with Crippen LogP contribution >= 0.6 is 11.6 Å². The van der Waals surface area contributed by atoms with Crippen molar-refractivity contribution in [1.29, 1.82) is 0 Å². The molecule has 0 saturated heterocycles. The Morgan fingerprint density at radius 2 is 2.19 bits per heavy atom. The number of carbonyl (C=O) groups is 1. The molecule has 6 heteroatoms. The van der Waals surface area contributed by atoms with Crippen molar-refractivity contribution < 1.29 is 9.53 Å². The zero-order valence-corrected chi connectivity index (χ0v) is 13.3. The second-order valence-corrected chi connectivity index (χ2v) is 5.32. The molecule has 0 aliphatic carbocycles. The Balaban J connectivity index is 2.23. The molecule has 5 nitrogen and oxygen atoms in total. The average molecular weight is 308 g/mol. The van der Waals surface area contributed by atoms with E-state index in [1.807, 2.05) is 14.0 Å². The van der Waals surface area contributed by atoms with Crippen LogP contribution in [-0.4, -0.2) is 34.7 Å². The summed E-state index contributed by atoms with van der Waals surface area (Å²) in [5, 5.41) is 4.69. The molecular weight excluding hydrogens is 290 g/mol. The number of hydrogen-bond donors (Lipinski definition) is 0. The largest absolute Gasteiger partial charge is 0.496 e. The molecule has 0 atom stereocenters. The van der Waals surface area contributed by atoms with Gasteiger partial charge in [0.2, 0.25) is 0 Å². The minimum absolute atomic E-state index is 0.141. The molecule has 21 heavy (non-hydrogen) atoms. The molecule has 2 aromatic rings. The lowest BCUT2D eigenvalue weighted by Crippen LogP contribution is -2.26. The maximum Gasteiger partial charge on any atom is 0.257 e. The molecule has 0 bridgehead atoms. The van der Waals surface area contributed by atoms with Crippen LogP contribution < -0.4 is 4.74 Å². The van der Waals surface area contributed by atoms with Crippen LogP contribution in [0.5, 0.6) is 5.75 Å². The normalized spacial score (nSPS) is 10.5. The van der Waals surface area contributed by atoms with Crippen LogP contribution in [-0.2, 0) is 13.6 Å². The molecule has 1 amide bonds. The summed E-state index contributed by atoms with van der Waals surface area (Å²) in [6.45, 7) is 2.45. The number of rotatable bonds is 4. The zero-order valence-electron chi connectivity index (χ0n) is 12.6. The van der Waals surface area contributed by atoms with Gasteiger partial charge in [-0.05, 0) is 25.1 Å². The molecule has 0 N–H and O–H groups in total. The van der Waals surface area contributed by atoms with Gasteiger partial charge in [0.25, 0.3) is 5.91 Å². The van der Waals surface area contributed by atoms with Gasteiger partial charge in [-0.15, -0.1) is 0 Å². The van der Waals surface area contributed by atoms with Crippen LogP contribution in [0.25, 0.3) is 0 Å². The van der Waals surface area contributed by atoms with Crippen LogP contribution in [0, 0.1) is 6.92 Å². The first kappa shape index (κ1) is 15.4. The Kier molecular flexibility index (Phi) is 4.53. The van der Waals surface area contributed by atoms with Crippen LogP contribution in [0.4, 0.5) is 0 Å². The third-order valence-electron chi connectivity index (χ3n) is 3.48. The number of ether oxygens (including phenoxy) is 1. The lowest BCUT2D eigenvalue weighted by molar-refractivity contribution is 0.0781. The molecule has 0 radical (unpaired) electrons.